The van der Waals surface area contributed by atoms with Crippen molar-refractivity contribution >= 4 is 26.7 Å². The van der Waals surface area contributed by atoms with Gasteiger partial charge in [0.15, 0.2) is 15.6 Å². The maximum absolute atomic E-state index is 13.5. The number of amides is 1. The zero-order chi connectivity index (χ0) is 21.5. The van der Waals surface area contributed by atoms with Crippen LogP contribution in [0.1, 0.15) is 59.9 Å². The molecule has 5 nitrogen and oxygen atoms in total. The predicted octanol–water partition coefficient (Wildman–Crippen LogP) is 4.91. The summed E-state index contributed by atoms with van der Waals surface area (Å²) in [5.41, 5.74) is 3.31. The number of nitrogens with zero attached hydrogens (tertiary/aromatic N) is 1. The molecular formula is C24H27NO4S. The third-order valence-corrected chi connectivity index (χ3v) is 6.36. The van der Waals surface area contributed by atoms with Crippen LogP contribution in [0, 0.1) is 0 Å². The number of rotatable bonds is 7. The summed E-state index contributed by atoms with van der Waals surface area (Å²) in [6, 6.07) is 15.7. The van der Waals surface area contributed by atoms with Crippen LogP contribution in [-0.2, 0) is 22.1 Å². The summed E-state index contributed by atoms with van der Waals surface area (Å²) in [5, 5.41) is 0.684. The lowest BCUT2D eigenvalue weighted by Crippen LogP contribution is -2.33. The van der Waals surface area contributed by atoms with Gasteiger partial charge < -0.3 is 9.32 Å². The highest BCUT2D eigenvalue weighted by molar-refractivity contribution is 7.89. The summed E-state index contributed by atoms with van der Waals surface area (Å²) in [6.07, 6.45) is 3.09. The van der Waals surface area contributed by atoms with Crippen molar-refractivity contribution in [2.24, 2.45) is 0 Å². The third-order valence-electron chi connectivity index (χ3n) is 5.55. The number of carbonyl (C=O) groups excluding carboxylic acids is 1. The number of sulfone groups is 1. The maximum atomic E-state index is 13.5. The van der Waals surface area contributed by atoms with Crippen molar-refractivity contribution in [2.75, 3.05) is 6.26 Å². The van der Waals surface area contributed by atoms with Gasteiger partial charge in [-0.25, -0.2) is 8.42 Å². The summed E-state index contributed by atoms with van der Waals surface area (Å²) in [4.78, 5) is 15.3. The summed E-state index contributed by atoms with van der Waals surface area (Å²) in [5.74, 6) is 0.147. The first-order chi connectivity index (χ1) is 14.2. The summed E-state index contributed by atoms with van der Waals surface area (Å²) < 4.78 is 30.0. The zero-order valence-corrected chi connectivity index (χ0v) is 18.4. The molecule has 1 heterocycles. The Hall–Kier alpha value is -2.60. The molecule has 0 radical (unpaired) electrons. The van der Waals surface area contributed by atoms with Crippen molar-refractivity contribution < 1.29 is 17.6 Å². The van der Waals surface area contributed by atoms with E-state index in [9.17, 15) is 13.2 Å². The van der Waals surface area contributed by atoms with E-state index in [1.54, 1.807) is 6.07 Å². The van der Waals surface area contributed by atoms with Crippen LogP contribution in [0.5, 0.6) is 0 Å². The molecule has 1 aliphatic carbocycles. The molecule has 1 fully saturated rings. The van der Waals surface area contributed by atoms with Crippen molar-refractivity contribution in [3.8, 4) is 0 Å². The molecular weight excluding hydrogens is 398 g/mol. The molecule has 1 aliphatic rings. The SMILES string of the molecule is CC(C)c1ccc(CN(C(=O)c2oc3ccccc3c2CS(C)(=O)=O)C2CC2)cc1. The van der Waals surface area contributed by atoms with Crippen LogP contribution in [0.4, 0.5) is 0 Å². The second-order valence-electron chi connectivity index (χ2n) is 8.54. The van der Waals surface area contributed by atoms with Crippen LogP contribution in [0.2, 0.25) is 0 Å². The van der Waals surface area contributed by atoms with Gasteiger partial charge in [0.1, 0.15) is 5.58 Å². The third kappa shape index (κ3) is 4.43. The Kier molecular flexibility index (Phi) is 5.45. The van der Waals surface area contributed by atoms with Crippen molar-refractivity contribution in [1.29, 1.82) is 0 Å². The van der Waals surface area contributed by atoms with E-state index in [0.717, 1.165) is 18.4 Å². The molecule has 0 atom stereocenters. The molecule has 1 saturated carbocycles. The summed E-state index contributed by atoms with van der Waals surface area (Å²) in [7, 11) is -3.33. The number of hydrogen-bond acceptors (Lipinski definition) is 4. The van der Waals surface area contributed by atoms with Gasteiger partial charge in [0.2, 0.25) is 0 Å². The molecule has 0 spiro atoms. The Morgan fingerprint density at radius 3 is 2.37 bits per heavy atom. The monoisotopic (exact) mass is 425 g/mol. The van der Waals surface area contributed by atoms with Gasteiger partial charge in [0.05, 0.1) is 5.75 Å². The van der Waals surface area contributed by atoms with Crippen LogP contribution in [0.15, 0.2) is 52.9 Å². The Labute approximate surface area is 177 Å². The maximum Gasteiger partial charge on any atom is 0.290 e. The molecule has 4 rings (SSSR count). The number of furan rings is 1. The molecule has 0 saturated heterocycles. The molecule has 0 bridgehead atoms. The Bertz CT molecular complexity index is 1170. The quantitative estimate of drug-likeness (QED) is 0.540. The molecule has 0 N–H and O–H groups in total. The minimum absolute atomic E-state index is 0.146. The average molecular weight is 426 g/mol. The van der Waals surface area contributed by atoms with E-state index < -0.39 is 9.84 Å². The fraction of sp³-hybridized carbons (Fsp3) is 0.375. The van der Waals surface area contributed by atoms with Crippen molar-refractivity contribution in [2.45, 2.75) is 50.9 Å². The summed E-state index contributed by atoms with van der Waals surface area (Å²) >= 11 is 0. The molecule has 0 aliphatic heterocycles. The largest absolute Gasteiger partial charge is 0.451 e. The van der Waals surface area contributed by atoms with E-state index in [1.165, 1.54) is 11.8 Å². The van der Waals surface area contributed by atoms with E-state index in [0.29, 0.717) is 29.0 Å². The van der Waals surface area contributed by atoms with Crippen molar-refractivity contribution in [1.82, 2.24) is 4.90 Å². The van der Waals surface area contributed by atoms with Crippen molar-refractivity contribution in [3.63, 3.8) is 0 Å². The lowest BCUT2D eigenvalue weighted by Gasteiger charge is -2.22. The number of benzene rings is 2. The smallest absolute Gasteiger partial charge is 0.290 e. The van der Waals surface area contributed by atoms with E-state index in [2.05, 4.69) is 38.1 Å². The minimum atomic E-state index is -3.33. The Morgan fingerprint density at radius 1 is 1.10 bits per heavy atom. The highest BCUT2D eigenvalue weighted by atomic mass is 32.2. The van der Waals surface area contributed by atoms with Gasteiger partial charge in [-0.15, -0.1) is 0 Å². The fourth-order valence-corrected chi connectivity index (χ4v) is 4.58. The zero-order valence-electron chi connectivity index (χ0n) is 17.6. The lowest BCUT2D eigenvalue weighted by atomic mass is 10.0. The first kappa shape index (κ1) is 20.7. The molecule has 6 heteroatoms. The second kappa shape index (κ2) is 7.91. The molecule has 158 valence electrons. The first-order valence-corrected chi connectivity index (χ1v) is 12.4. The topological polar surface area (TPSA) is 67.6 Å². The van der Waals surface area contributed by atoms with Gasteiger partial charge in [-0.3, -0.25) is 4.79 Å². The normalized spacial score (nSPS) is 14.4. The molecule has 0 unspecified atom stereocenters. The van der Waals surface area contributed by atoms with Gasteiger partial charge >= 0.3 is 0 Å². The molecule has 3 aromatic rings. The standard InChI is InChI=1S/C24H27NO4S/c1-16(2)18-10-8-17(9-11-18)14-25(19-12-13-19)24(26)23-21(15-30(3,27)28)20-6-4-5-7-22(20)29-23/h4-11,16,19H,12-15H2,1-3H3. The van der Waals surface area contributed by atoms with Gasteiger partial charge in [-0.2, -0.15) is 0 Å². The van der Waals surface area contributed by atoms with Crippen molar-refractivity contribution in [3.05, 3.63) is 71.0 Å². The predicted molar refractivity (Wildman–Crippen MR) is 118 cm³/mol. The summed E-state index contributed by atoms with van der Waals surface area (Å²) in [6.45, 7) is 4.79. The molecule has 2 aromatic carbocycles. The van der Waals surface area contributed by atoms with Crippen LogP contribution >= 0.6 is 0 Å². The van der Waals surface area contributed by atoms with E-state index in [-0.39, 0.29) is 23.5 Å². The second-order valence-corrected chi connectivity index (χ2v) is 10.7. The minimum Gasteiger partial charge on any atom is -0.451 e. The van der Waals surface area contributed by atoms with Crippen LogP contribution in [0.25, 0.3) is 11.0 Å². The van der Waals surface area contributed by atoms with E-state index in [4.69, 9.17) is 4.42 Å². The molecule has 30 heavy (non-hydrogen) atoms. The van der Waals surface area contributed by atoms with Gasteiger partial charge in [-0.05, 0) is 36.0 Å². The highest BCUT2D eigenvalue weighted by Gasteiger charge is 2.36. The van der Waals surface area contributed by atoms with E-state index >= 15 is 0 Å². The molecule has 1 amide bonds. The van der Waals surface area contributed by atoms with Gasteiger partial charge in [-0.1, -0.05) is 56.3 Å². The molecule has 1 aromatic heterocycles. The fourth-order valence-electron chi connectivity index (χ4n) is 3.77. The average Bonchev–Trinajstić information content (AvgIpc) is 3.48. The van der Waals surface area contributed by atoms with Crippen LogP contribution in [0.3, 0.4) is 0 Å². The Balaban J connectivity index is 1.69. The lowest BCUT2D eigenvalue weighted by molar-refractivity contribution is 0.0698. The number of hydrogen-bond donors (Lipinski definition) is 0. The number of carbonyl (C=O) groups is 1. The number of para-hydroxylation sites is 1. The van der Waals surface area contributed by atoms with Crippen LogP contribution < -0.4 is 0 Å². The van der Waals surface area contributed by atoms with Gasteiger partial charge in [0, 0.05) is 29.8 Å². The first-order valence-electron chi connectivity index (χ1n) is 10.3. The number of fused-ring (bicyclic) bond motifs is 1. The van der Waals surface area contributed by atoms with E-state index in [1.807, 2.05) is 23.1 Å². The highest BCUT2D eigenvalue weighted by Crippen LogP contribution is 2.34. The van der Waals surface area contributed by atoms with Gasteiger partial charge in [0.25, 0.3) is 5.91 Å². The van der Waals surface area contributed by atoms with Crippen LogP contribution in [-0.4, -0.2) is 31.5 Å². The Morgan fingerprint density at radius 2 is 1.77 bits per heavy atom.